The first kappa shape index (κ1) is 28.2. The number of imidazole rings is 1. The van der Waals surface area contributed by atoms with Crippen LogP contribution in [0.2, 0.25) is 0 Å². The van der Waals surface area contributed by atoms with Crippen LogP contribution in [0.1, 0.15) is 62.8 Å². The first-order chi connectivity index (χ1) is 20.0. The molecule has 1 heterocycles. The zero-order chi connectivity index (χ0) is 28.6. The fourth-order valence-corrected chi connectivity index (χ4v) is 5.95. The van der Waals surface area contributed by atoms with Gasteiger partial charge >= 0.3 is 5.97 Å². The van der Waals surface area contributed by atoms with Gasteiger partial charge < -0.3 is 19.7 Å². The number of rotatable bonds is 12. The van der Waals surface area contributed by atoms with E-state index < -0.39 is 5.97 Å². The second kappa shape index (κ2) is 13.3. The number of hydrogen-bond donors (Lipinski definition) is 2. The Balaban J connectivity index is 1.41. The number of aromatic nitrogens is 2. The van der Waals surface area contributed by atoms with Gasteiger partial charge in [0.1, 0.15) is 11.9 Å². The number of aliphatic carboxylic acids is 1. The van der Waals surface area contributed by atoms with Gasteiger partial charge in [-0.05, 0) is 54.3 Å². The molecule has 1 unspecified atom stereocenters. The molecule has 1 aromatic heterocycles. The van der Waals surface area contributed by atoms with Gasteiger partial charge in [0, 0.05) is 52.7 Å². The van der Waals surface area contributed by atoms with Crippen LogP contribution in [0.4, 0.5) is 0 Å². The van der Waals surface area contributed by atoms with Gasteiger partial charge in [-0.15, -0.1) is 11.8 Å². The molecule has 3 aromatic carbocycles. The monoisotopic (exact) mass is 569 g/mol. The smallest absolute Gasteiger partial charge is 0.305 e. The van der Waals surface area contributed by atoms with E-state index in [9.17, 15) is 14.4 Å². The molecular formula is C32H31N3O5S. The molecule has 4 aromatic rings. The summed E-state index contributed by atoms with van der Waals surface area (Å²) in [6, 6.07) is 21.1. The standard InChI is InChI=1S/C32H31N3O5S/c36-28-11-5-10-25-26(28)12-13-29(40-30(19-35-17-16-33-21-35)22-6-2-1-3-7-22)27(25)20-41-24-9-4-8-23(18-24)32(39)34-15-14-31(37)38/h1-4,6-9,12-13,16-18,21,30H,5,10-11,14-15,19-20H2,(H,34,39)(H,37,38). The summed E-state index contributed by atoms with van der Waals surface area (Å²) in [5.74, 6) is 0.176. The summed E-state index contributed by atoms with van der Waals surface area (Å²) in [5, 5.41) is 11.5. The molecule has 0 saturated heterocycles. The highest BCUT2D eigenvalue weighted by Gasteiger charge is 2.25. The molecule has 1 atom stereocenters. The molecule has 0 fully saturated rings. The lowest BCUT2D eigenvalue weighted by Gasteiger charge is -2.25. The number of carboxylic acids is 1. The lowest BCUT2D eigenvalue weighted by Crippen LogP contribution is -2.25. The molecule has 2 N–H and O–H groups in total. The molecular weight excluding hydrogens is 538 g/mol. The molecule has 210 valence electrons. The minimum Gasteiger partial charge on any atom is -0.484 e. The van der Waals surface area contributed by atoms with Crippen LogP contribution < -0.4 is 10.1 Å². The van der Waals surface area contributed by atoms with E-state index in [0.29, 0.717) is 24.3 Å². The van der Waals surface area contributed by atoms with E-state index in [1.807, 2.05) is 65.4 Å². The van der Waals surface area contributed by atoms with Crippen molar-refractivity contribution in [2.45, 2.75) is 49.0 Å². The van der Waals surface area contributed by atoms with Crippen molar-refractivity contribution in [2.24, 2.45) is 0 Å². The second-order valence-electron chi connectivity index (χ2n) is 9.84. The highest BCUT2D eigenvalue weighted by molar-refractivity contribution is 7.98. The van der Waals surface area contributed by atoms with Gasteiger partial charge in [-0.25, -0.2) is 4.98 Å². The number of ether oxygens (including phenoxy) is 1. The van der Waals surface area contributed by atoms with Crippen LogP contribution in [-0.4, -0.2) is 38.9 Å². The summed E-state index contributed by atoms with van der Waals surface area (Å²) in [6.07, 6.45) is 7.17. The number of carboxylic acid groups (broad SMARTS) is 1. The number of fused-ring (bicyclic) bond motifs is 1. The van der Waals surface area contributed by atoms with Crippen LogP contribution in [-0.2, 0) is 23.5 Å². The first-order valence-electron chi connectivity index (χ1n) is 13.6. The average Bonchev–Trinajstić information content (AvgIpc) is 3.50. The summed E-state index contributed by atoms with van der Waals surface area (Å²) in [6.45, 7) is 0.643. The third-order valence-corrected chi connectivity index (χ3v) is 8.02. The summed E-state index contributed by atoms with van der Waals surface area (Å²) in [7, 11) is 0. The molecule has 0 saturated carbocycles. The van der Waals surface area contributed by atoms with Crippen LogP contribution in [0, 0.1) is 0 Å². The molecule has 0 radical (unpaired) electrons. The van der Waals surface area contributed by atoms with Gasteiger partial charge in [0.25, 0.3) is 5.91 Å². The maximum Gasteiger partial charge on any atom is 0.305 e. The summed E-state index contributed by atoms with van der Waals surface area (Å²) < 4.78 is 8.72. The Labute approximate surface area is 242 Å². The number of benzene rings is 3. The Hall–Kier alpha value is -4.37. The predicted octanol–water partition coefficient (Wildman–Crippen LogP) is 5.72. The summed E-state index contributed by atoms with van der Waals surface area (Å²) >= 11 is 1.57. The van der Waals surface area contributed by atoms with Crippen molar-refractivity contribution >= 4 is 29.4 Å². The van der Waals surface area contributed by atoms with Crippen LogP contribution >= 0.6 is 11.8 Å². The molecule has 1 aliphatic carbocycles. The molecule has 0 aliphatic heterocycles. The van der Waals surface area contributed by atoms with Crippen LogP contribution in [0.3, 0.4) is 0 Å². The molecule has 1 amide bonds. The van der Waals surface area contributed by atoms with E-state index in [-0.39, 0.29) is 30.8 Å². The number of thioether (sulfide) groups is 1. The van der Waals surface area contributed by atoms with E-state index in [4.69, 9.17) is 9.84 Å². The lowest BCUT2D eigenvalue weighted by molar-refractivity contribution is -0.136. The predicted molar refractivity (Wildman–Crippen MR) is 156 cm³/mol. The van der Waals surface area contributed by atoms with Gasteiger partial charge in [-0.2, -0.15) is 0 Å². The average molecular weight is 570 g/mol. The molecule has 5 rings (SSSR count). The van der Waals surface area contributed by atoms with Gasteiger partial charge in [-0.1, -0.05) is 36.4 Å². The van der Waals surface area contributed by atoms with Gasteiger partial charge in [-0.3, -0.25) is 14.4 Å². The molecule has 41 heavy (non-hydrogen) atoms. The molecule has 1 aliphatic rings. The van der Waals surface area contributed by atoms with Crippen molar-refractivity contribution in [1.82, 2.24) is 14.9 Å². The van der Waals surface area contributed by atoms with Crippen molar-refractivity contribution in [1.29, 1.82) is 0 Å². The quantitative estimate of drug-likeness (QED) is 0.210. The highest BCUT2D eigenvalue weighted by atomic mass is 32.2. The summed E-state index contributed by atoms with van der Waals surface area (Å²) in [4.78, 5) is 41.2. The number of ketones is 1. The topological polar surface area (TPSA) is 111 Å². The third-order valence-electron chi connectivity index (χ3n) is 7.00. The zero-order valence-electron chi connectivity index (χ0n) is 22.5. The molecule has 0 bridgehead atoms. The number of hydrogen-bond acceptors (Lipinski definition) is 6. The van der Waals surface area contributed by atoms with E-state index >= 15 is 0 Å². The minimum atomic E-state index is -0.961. The van der Waals surface area contributed by atoms with Crippen molar-refractivity contribution in [3.8, 4) is 5.75 Å². The van der Waals surface area contributed by atoms with Gasteiger partial charge in [0.2, 0.25) is 0 Å². The Kier molecular flexibility index (Phi) is 9.15. The van der Waals surface area contributed by atoms with E-state index in [0.717, 1.165) is 45.7 Å². The number of carbonyl (C=O) groups is 3. The van der Waals surface area contributed by atoms with E-state index in [1.54, 1.807) is 36.4 Å². The van der Waals surface area contributed by atoms with Crippen molar-refractivity contribution < 1.29 is 24.2 Å². The summed E-state index contributed by atoms with van der Waals surface area (Å²) in [5.41, 5.74) is 4.28. The number of amides is 1. The highest BCUT2D eigenvalue weighted by Crippen LogP contribution is 2.38. The molecule has 0 spiro atoms. The fraction of sp³-hybridized carbons (Fsp3) is 0.250. The molecule has 9 heteroatoms. The maximum atomic E-state index is 12.8. The maximum absolute atomic E-state index is 12.8. The van der Waals surface area contributed by atoms with Crippen LogP contribution in [0.15, 0.2) is 90.3 Å². The number of carbonyl (C=O) groups excluding carboxylic acids is 2. The molecule has 8 nitrogen and oxygen atoms in total. The Bertz CT molecular complexity index is 1520. The minimum absolute atomic E-state index is 0.0675. The second-order valence-corrected chi connectivity index (χ2v) is 10.9. The number of nitrogens with zero attached hydrogens (tertiary/aromatic N) is 2. The Morgan fingerprint density at radius 2 is 1.93 bits per heavy atom. The lowest BCUT2D eigenvalue weighted by atomic mass is 9.87. The SMILES string of the molecule is O=C(O)CCNC(=O)c1cccc(SCc2c(OC(Cn3ccnc3)c3ccccc3)ccc3c2CCCC3=O)c1. The Morgan fingerprint density at radius 3 is 2.71 bits per heavy atom. The fourth-order valence-electron chi connectivity index (χ4n) is 4.93. The third kappa shape index (κ3) is 7.24. The van der Waals surface area contributed by atoms with E-state index in [2.05, 4.69) is 10.3 Å². The zero-order valence-corrected chi connectivity index (χ0v) is 23.3. The number of nitrogens with one attached hydrogen (secondary N) is 1. The van der Waals surface area contributed by atoms with E-state index in [1.165, 1.54) is 0 Å². The van der Waals surface area contributed by atoms with Crippen molar-refractivity contribution in [3.05, 3.63) is 113 Å². The normalized spacial score (nSPS) is 13.3. The van der Waals surface area contributed by atoms with Crippen LogP contribution in [0.5, 0.6) is 5.75 Å². The van der Waals surface area contributed by atoms with Crippen molar-refractivity contribution in [2.75, 3.05) is 6.54 Å². The van der Waals surface area contributed by atoms with Gasteiger partial charge in [0.05, 0.1) is 19.3 Å². The first-order valence-corrected chi connectivity index (χ1v) is 14.5. The van der Waals surface area contributed by atoms with Crippen molar-refractivity contribution in [3.63, 3.8) is 0 Å². The number of Topliss-reactive ketones (excluding diaryl/α,β-unsaturated/α-hetero) is 1. The Morgan fingerprint density at radius 1 is 1.07 bits per heavy atom. The largest absolute Gasteiger partial charge is 0.484 e. The van der Waals surface area contributed by atoms with Crippen LogP contribution in [0.25, 0.3) is 0 Å². The van der Waals surface area contributed by atoms with Gasteiger partial charge in [0.15, 0.2) is 5.78 Å².